The smallest absolute Gasteiger partial charge is 0.173 e. The van der Waals surface area contributed by atoms with Gasteiger partial charge in [-0.15, -0.1) is 11.8 Å². The lowest BCUT2D eigenvalue weighted by atomic mass is 10.1. The summed E-state index contributed by atoms with van der Waals surface area (Å²) in [6.45, 7) is 3.15. The summed E-state index contributed by atoms with van der Waals surface area (Å²) in [5, 5.41) is 0. The van der Waals surface area contributed by atoms with Gasteiger partial charge in [-0.25, -0.2) is 0 Å². The van der Waals surface area contributed by atoms with E-state index in [1.165, 1.54) is 11.8 Å². The second-order valence-corrected chi connectivity index (χ2v) is 5.94. The Morgan fingerprint density at radius 2 is 1.90 bits per heavy atom. The van der Waals surface area contributed by atoms with Crippen molar-refractivity contribution >= 4 is 17.5 Å². The summed E-state index contributed by atoms with van der Waals surface area (Å²) in [4.78, 5) is 13.2. The van der Waals surface area contributed by atoms with Gasteiger partial charge in [0.15, 0.2) is 17.3 Å². The van der Waals surface area contributed by atoms with Gasteiger partial charge in [-0.3, -0.25) is 4.79 Å². The van der Waals surface area contributed by atoms with Crippen LogP contribution in [0.3, 0.4) is 0 Å². The molecule has 0 N–H and O–H groups in total. The number of aryl methyl sites for hydroxylation is 1. The van der Waals surface area contributed by atoms with Crippen molar-refractivity contribution in [1.82, 2.24) is 0 Å². The molecule has 108 valence electrons. The van der Waals surface area contributed by atoms with Crippen LogP contribution in [-0.4, -0.2) is 24.7 Å². The first-order valence-corrected chi connectivity index (χ1v) is 7.83. The van der Waals surface area contributed by atoms with Gasteiger partial charge in [0, 0.05) is 10.5 Å². The van der Waals surface area contributed by atoms with Gasteiger partial charge in [-0.2, -0.15) is 0 Å². The van der Waals surface area contributed by atoms with Crippen LogP contribution in [0.1, 0.15) is 15.9 Å². The Kier molecular flexibility index (Phi) is 4.15. The van der Waals surface area contributed by atoms with Crippen molar-refractivity contribution in [1.29, 1.82) is 0 Å². The third kappa shape index (κ3) is 3.39. The Morgan fingerprint density at radius 1 is 1.10 bits per heavy atom. The van der Waals surface area contributed by atoms with E-state index in [1.807, 2.05) is 49.4 Å². The van der Waals surface area contributed by atoms with Gasteiger partial charge in [0.05, 0.1) is 5.75 Å². The lowest BCUT2D eigenvalue weighted by Crippen LogP contribution is -2.15. The molecule has 3 rings (SSSR count). The fourth-order valence-corrected chi connectivity index (χ4v) is 2.98. The van der Waals surface area contributed by atoms with Crippen LogP contribution in [0.15, 0.2) is 47.4 Å². The number of hydrogen-bond donors (Lipinski definition) is 0. The average molecular weight is 300 g/mol. The highest BCUT2D eigenvalue weighted by Gasteiger charge is 2.13. The molecule has 0 saturated heterocycles. The first-order valence-electron chi connectivity index (χ1n) is 6.85. The van der Waals surface area contributed by atoms with Crippen molar-refractivity contribution in [3.63, 3.8) is 0 Å². The summed E-state index contributed by atoms with van der Waals surface area (Å²) in [7, 11) is 0. The maximum Gasteiger partial charge on any atom is 0.173 e. The molecule has 0 fully saturated rings. The third-order valence-electron chi connectivity index (χ3n) is 3.22. The van der Waals surface area contributed by atoms with Crippen LogP contribution in [0.4, 0.5) is 0 Å². The molecule has 4 heteroatoms. The molecule has 0 aromatic heterocycles. The summed E-state index contributed by atoms with van der Waals surface area (Å²) in [6.07, 6.45) is 0. The Bertz CT molecular complexity index is 667. The van der Waals surface area contributed by atoms with Gasteiger partial charge in [0.1, 0.15) is 13.2 Å². The van der Waals surface area contributed by atoms with Crippen molar-refractivity contribution in [2.24, 2.45) is 0 Å². The van der Waals surface area contributed by atoms with Crippen LogP contribution in [-0.2, 0) is 0 Å². The van der Waals surface area contributed by atoms with Gasteiger partial charge in [-0.1, -0.05) is 23.8 Å². The van der Waals surface area contributed by atoms with Gasteiger partial charge in [0.25, 0.3) is 0 Å². The maximum atomic E-state index is 12.2. The number of Topliss-reactive ketones (excluding diaryl/α,β-unsaturated/α-hetero) is 1. The van der Waals surface area contributed by atoms with E-state index in [0.29, 0.717) is 19.0 Å². The van der Waals surface area contributed by atoms with Crippen molar-refractivity contribution in [3.8, 4) is 11.5 Å². The van der Waals surface area contributed by atoms with E-state index in [0.717, 1.165) is 27.5 Å². The SMILES string of the molecule is Cc1cccc(C(=O)CSc2ccc3c(c2)OCCO3)c1. The topological polar surface area (TPSA) is 35.5 Å². The molecule has 3 nitrogen and oxygen atoms in total. The van der Waals surface area contributed by atoms with Crippen molar-refractivity contribution in [2.75, 3.05) is 19.0 Å². The molecule has 1 heterocycles. The number of carbonyl (C=O) groups excluding carboxylic acids is 1. The van der Waals surface area contributed by atoms with E-state index in [1.54, 1.807) is 0 Å². The molecule has 0 amide bonds. The van der Waals surface area contributed by atoms with Crippen molar-refractivity contribution in [3.05, 3.63) is 53.6 Å². The molecular formula is C17H16O3S. The zero-order valence-corrected chi connectivity index (χ0v) is 12.6. The number of ether oxygens (including phenoxy) is 2. The highest BCUT2D eigenvalue weighted by atomic mass is 32.2. The Hall–Kier alpha value is -1.94. The van der Waals surface area contributed by atoms with E-state index in [-0.39, 0.29) is 5.78 Å². The molecule has 0 saturated carbocycles. The van der Waals surface area contributed by atoms with Gasteiger partial charge >= 0.3 is 0 Å². The van der Waals surface area contributed by atoms with E-state index < -0.39 is 0 Å². The predicted octanol–water partition coefficient (Wildman–Crippen LogP) is 3.74. The van der Waals surface area contributed by atoms with Crippen molar-refractivity contribution in [2.45, 2.75) is 11.8 Å². The van der Waals surface area contributed by atoms with Crippen LogP contribution in [0.5, 0.6) is 11.5 Å². The molecule has 0 unspecified atom stereocenters. The highest BCUT2D eigenvalue weighted by molar-refractivity contribution is 8.00. The molecule has 2 aromatic rings. The summed E-state index contributed by atoms with van der Waals surface area (Å²) in [5.74, 6) is 2.09. The number of thioether (sulfide) groups is 1. The molecule has 1 aliphatic heterocycles. The van der Waals surface area contributed by atoms with Gasteiger partial charge in [0.2, 0.25) is 0 Å². The van der Waals surface area contributed by atoms with Gasteiger partial charge in [-0.05, 0) is 31.2 Å². The largest absolute Gasteiger partial charge is 0.486 e. The molecule has 0 aliphatic carbocycles. The zero-order chi connectivity index (χ0) is 14.7. The second-order valence-electron chi connectivity index (χ2n) is 4.89. The number of rotatable bonds is 4. The summed E-state index contributed by atoms with van der Waals surface area (Å²) >= 11 is 1.52. The molecule has 0 spiro atoms. The monoisotopic (exact) mass is 300 g/mol. The van der Waals surface area contributed by atoms with Gasteiger partial charge < -0.3 is 9.47 Å². The molecular weight excluding hydrogens is 284 g/mol. The Labute approximate surface area is 128 Å². The van der Waals surface area contributed by atoms with E-state index in [4.69, 9.17) is 9.47 Å². The fraction of sp³-hybridized carbons (Fsp3) is 0.235. The number of fused-ring (bicyclic) bond motifs is 1. The summed E-state index contributed by atoms with van der Waals surface area (Å²) in [5.41, 5.74) is 1.87. The number of benzene rings is 2. The lowest BCUT2D eigenvalue weighted by molar-refractivity contribution is 0.102. The van der Waals surface area contributed by atoms with Crippen LogP contribution < -0.4 is 9.47 Å². The quantitative estimate of drug-likeness (QED) is 0.636. The molecule has 0 bridgehead atoms. The minimum absolute atomic E-state index is 0.138. The second kappa shape index (κ2) is 6.22. The minimum atomic E-state index is 0.138. The number of ketones is 1. The molecule has 21 heavy (non-hydrogen) atoms. The number of hydrogen-bond acceptors (Lipinski definition) is 4. The maximum absolute atomic E-state index is 12.2. The highest BCUT2D eigenvalue weighted by Crippen LogP contribution is 2.34. The van der Waals surface area contributed by atoms with Crippen LogP contribution in [0, 0.1) is 6.92 Å². The van der Waals surface area contributed by atoms with E-state index >= 15 is 0 Å². The summed E-state index contributed by atoms with van der Waals surface area (Å²) in [6, 6.07) is 13.5. The zero-order valence-electron chi connectivity index (χ0n) is 11.8. The molecule has 0 radical (unpaired) electrons. The van der Waals surface area contributed by atoms with Crippen LogP contribution in [0.2, 0.25) is 0 Å². The molecule has 2 aromatic carbocycles. The van der Waals surface area contributed by atoms with E-state index in [2.05, 4.69) is 0 Å². The fourth-order valence-electron chi connectivity index (χ4n) is 2.16. The Balaban J connectivity index is 1.66. The van der Waals surface area contributed by atoms with Crippen molar-refractivity contribution < 1.29 is 14.3 Å². The van der Waals surface area contributed by atoms with E-state index in [9.17, 15) is 4.79 Å². The summed E-state index contributed by atoms with van der Waals surface area (Å²) < 4.78 is 11.0. The number of carbonyl (C=O) groups is 1. The first kappa shape index (κ1) is 14.0. The average Bonchev–Trinajstić information content (AvgIpc) is 2.52. The normalized spacial score (nSPS) is 13.0. The van der Waals surface area contributed by atoms with Crippen LogP contribution >= 0.6 is 11.8 Å². The lowest BCUT2D eigenvalue weighted by Gasteiger charge is -2.18. The molecule has 0 atom stereocenters. The first-order chi connectivity index (χ1) is 10.2. The third-order valence-corrected chi connectivity index (χ3v) is 4.22. The predicted molar refractivity (Wildman–Crippen MR) is 83.7 cm³/mol. The Morgan fingerprint density at radius 3 is 2.71 bits per heavy atom. The van der Waals surface area contributed by atoms with Crippen LogP contribution in [0.25, 0.3) is 0 Å². The standard InChI is InChI=1S/C17H16O3S/c1-12-3-2-4-13(9-12)15(18)11-21-14-5-6-16-17(10-14)20-8-7-19-16/h2-6,9-10H,7-8,11H2,1H3. The molecule has 1 aliphatic rings. The minimum Gasteiger partial charge on any atom is -0.486 e.